The molecule has 0 aromatic carbocycles. The second kappa shape index (κ2) is 17.0. The van der Waals surface area contributed by atoms with Crippen molar-refractivity contribution in [3.05, 3.63) is 11.6 Å². The van der Waals surface area contributed by atoms with E-state index in [9.17, 15) is 19.8 Å². The normalized spacial score (nSPS) is 42.1. The van der Waals surface area contributed by atoms with Gasteiger partial charge in [0.25, 0.3) is 0 Å². The number of carbonyl (C=O) groups excluding carboxylic acids is 1. The van der Waals surface area contributed by atoms with E-state index >= 15 is 0 Å². The van der Waals surface area contributed by atoms with E-state index in [1.807, 2.05) is 6.92 Å². The lowest BCUT2D eigenvalue weighted by molar-refractivity contribution is -0.209. The minimum atomic E-state index is -0.922. The van der Waals surface area contributed by atoms with Gasteiger partial charge in [0, 0.05) is 18.3 Å². The van der Waals surface area contributed by atoms with Crippen molar-refractivity contribution in [3.63, 3.8) is 0 Å². The molecule has 5 aliphatic carbocycles. The van der Waals surface area contributed by atoms with Gasteiger partial charge in [-0.25, -0.2) is 0 Å². The summed E-state index contributed by atoms with van der Waals surface area (Å²) in [6.45, 7) is 18.5. The van der Waals surface area contributed by atoms with E-state index in [0.29, 0.717) is 31.1 Å². The lowest BCUT2D eigenvalue weighted by Gasteiger charge is -2.71. The Morgan fingerprint density at radius 2 is 1.28 bits per heavy atom. The molecule has 0 radical (unpaired) electrons. The number of carboxylic acids is 1. The van der Waals surface area contributed by atoms with Crippen LogP contribution in [0.4, 0.5) is 0 Å². The molecule has 4 fully saturated rings. The van der Waals surface area contributed by atoms with Crippen molar-refractivity contribution in [1.82, 2.24) is 0 Å². The van der Waals surface area contributed by atoms with Crippen molar-refractivity contribution in [1.29, 1.82) is 0 Å². The molecule has 2 N–H and O–H groups in total. The van der Waals surface area contributed by atoms with Crippen LogP contribution in [-0.4, -0.2) is 33.9 Å². The van der Waals surface area contributed by atoms with Gasteiger partial charge in [0.2, 0.25) is 0 Å². The molecule has 5 rings (SSSR count). The monoisotopic (exact) mass is 739 g/mol. The van der Waals surface area contributed by atoms with E-state index in [4.69, 9.17) is 4.74 Å². The number of esters is 1. The second-order valence-electron chi connectivity index (χ2n) is 21.0. The summed E-state index contributed by atoms with van der Waals surface area (Å²) >= 11 is 0. The molecule has 11 atom stereocenters. The number of hydrogen-bond acceptors (Lipinski definition) is 4. The van der Waals surface area contributed by atoms with Crippen molar-refractivity contribution in [3.8, 4) is 0 Å². The first kappa shape index (κ1) is 42.8. The Kier molecular flexibility index (Phi) is 13.7. The highest BCUT2D eigenvalue weighted by molar-refractivity contribution is 5.75. The second-order valence-corrected chi connectivity index (χ2v) is 21.0. The van der Waals surface area contributed by atoms with Gasteiger partial charge >= 0.3 is 11.9 Å². The number of rotatable bonds is 18. The number of aliphatic carboxylic acids is 1. The standard InChI is InChI=1S/C48H82O5/c1-9-10-11-12-13-14-15-16-17-18-19-20-21-22-23-24-41(49)53-40-34-43(3,42(50)51)33-38-37-25-26-39-44(4)30-32-48(8,52)35(2)36(44)27-28-47(39,7)46(37,6)31-29-45(38,40)5/h25,35-36,38-40,52H,9-24,26-34H2,1-8H3,(H,50,51). The maximum absolute atomic E-state index is 13.5. The minimum absolute atomic E-state index is 0.0174. The summed E-state index contributed by atoms with van der Waals surface area (Å²) in [5.41, 5.74) is -0.0137. The van der Waals surface area contributed by atoms with Crippen LogP contribution in [-0.2, 0) is 14.3 Å². The summed E-state index contributed by atoms with van der Waals surface area (Å²) < 4.78 is 6.44. The Labute approximate surface area is 325 Å². The van der Waals surface area contributed by atoms with E-state index in [-0.39, 0.29) is 45.6 Å². The minimum Gasteiger partial charge on any atom is -0.481 e. The average molecular weight is 739 g/mol. The molecule has 5 heteroatoms. The fourth-order valence-corrected chi connectivity index (χ4v) is 13.4. The van der Waals surface area contributed by atoms with Gasteiger partial charge in [0.1, 0.15) is 6.10 Å². The van der Waals surface area contributed by atoms with Crippen LogP contribution in [0, 0.1) is 50.7 Å². The average Bonchev–Trinajstić information content (AvgIpc) is 3.10. The van der Waals surface area contributed by atoms with Gasteiger partial charge in [-0.3, -0.25) is 9.59 Å². The molecule has 0 bridgehead atoms. The third kappa shape index (κ3) is 8.37. The van der Waals surface area contributed by atoms with E-state index < -0.39 is 17.0 Å². The lowest BCUT2D eigenvalue weighted by atomic mass is 9.34. The van der Waals surface area contributed by atoms with Crippen LogP contribution in [0.3, 0.4) is 0 Å². The maximum atomic E-state index is 13.5. The van der Waals surface area contributed by atoms with Gasteiger partial charge < -0.3 is 14.9 Å². The highest BCUT2D eigenvalue weighted by atomic mass is 16.5. The van der Waals surface area contributed by atoms with Crippen molar-refractivity contribution in [2.24, 2.45) is 50.7 Å². The smallest absolute Gasteiger partial charge is 0.309 e. The molecule has 0 amide bonds. The maximum Gasteiger partial charge on any atom is 0.309 e. The van der Waals surface area contributed by atoms with Crippen LogP contribution in [0.15, 0.2) is 11.6 Å². The molecule has 0 spiro atoms. The molecule has 11 unspecified atom stereocenters. The fraction of sp³-hybridized carbons (Fsp3) is 0.917. The molecular weight excluding hydrogens is 657 g/mol. The summed E-state index contributed by atoms with van der Waals surface area (Å²) in [7, 11) is 0. The Balaban J connectivity index is 1.17. The Hall–Kier alpha value is -1.36. The van der Waals surface area contributed by atoms with Gasteiger partial charge in [-0.1, -0.05) is 143 Å². The largest absolute Gasteiger partial charge is 0.481 e. The summed E-state index contributed by atoms with van der Waals surface area (Å²) in [5.74, 6) is 0.559. The molecule has 5 nitrogen and oxygen atoms in total. The van der Waals surface area contributed by atoms with Gasteiger partial charge in [0.05, 0.1) is 11.0 Å². The van der Waals surface area contributed by atoms with E-state index in [1.165, 1.54) is 89.0 Å². The topological polar surface area (TPSA) is 83.8 Å². The molecule has 5 aliphatic rings. The number of carboxylic acid groups (broad SMARTS) is 1. The van der Waals surface area contributed by atoms with Gasteiger partial charge in [-0.2, -0.15) is 0 Å². The SMILES string of the molecule is CCCCCCCCCCCCCCCCCC(=O)OC1CC(C)(C(=O)O)CC2C3=CCC4C5(C)CCC(C)(O)C(C)C5CCC4(C)C3(C)CCC12C. The van der Waals surface area contributed by atoms with E-state index in [0.717, 1.165) is 57.8 Å². The fourth-order valence-electron chi connectivity index (χ4n) is 13.4. The van der Waals surface area contributed by atoms with Crippen molar-refractivity contribution in [2.45, 2.75) is 228 Å². The Bertz CT molecular complexity index is 1290. The summed E-state index contributed by atoms with van der Waals surface area (Å²) in [4.78, 5) is 26.4. The van der Waals surface area contributed by atoms with Crippen molar-refractivity contribution >= 4 is 11.9 Å². The first-order chi connectivity index (χ1) is 25.0. The first-order valence-electron chi connectivity index (χ1n) is 22.8. The Morgan fingerprint density at radius 1 is 0.736 bits per heavy atom. The zero-order valence-corrected chi connectivity index (χ0v) is 35.8. The molecule has 0 aliphatic heterocycles. The van der Waals surface area contributed by atoms with E-state index in [1.54, 1.807) is 0 Å². The first-order valence-corrected chi connectivity index (χ1v) is 22.8. The molecule has 53 heavy (non-hydrogen) atoms. The molecule has 0 aromatic heterocycles. The zero-order chi connectivity index (χ0) is 38.7. The Morgan fingerprint density at radius 3 is 1.85 bits per heavy atom. The van der Waals surface area contributed by atoms with E-state index in [2.05, 4.69) is 54.5 Å². The molecule has 304 valence electrons. The van der Waals surface area contributed by atoms with Gasteiger partial charge in [-0.15, -0.1) is 0 Å². The van der Waals surface area contributed by atoms with Crippen LogP contribution < -0.4 is 0 Å². The highest BCUT2D eigenvalue weighted by Gasteiger charge is 2.69. The van der Waals surface area contributed by atoms with Gasteiger partial charge in [-0.05, 0) is 112 Å². The number of unbranched alkanes of at least 4 members (excludes halogenated alkanes) is 14. The summed E-state index contributed by atoms with van der Waals surface area (Å²) in [6.07, 6.45) is 30.4. The third-order valence-electron chi connectivity index (χ3n) is 17.7. The van der Waals surface area contributed by atoms with Crippen LogP contribution in [0.25, 0.3) is 0 Å². The molecule has 0 saturated heterocycles. The van der Waals surface area contributed by atoms with Crippen LogP contribution in [0.1, 0.15) is 216 Å². The third-order valence-corrected chi connectivity index (χ3v) is 17.7. The molecule has 0 aromatic rings. The number of allylic oxidation sites excluding steroid dienone is 2. The molecule has 0 heterocycles. The van der Waals surface area contributed by atoms with Gasteiger partial charge in [0.15, 0.2) is 0 Å². The lowest BCUT2D eigenvalue weighted by Crippen LogP contribution is -2.65. The number of ether oxygens (including phenoxy) is 1. The summed E-state index contributed by atoms with van der Waals surface area (Å²) in [5, 5.41) is 21.9. The van der Waals surface area contributed by atoms with Crippen LogP contribution in [0.5, 0.6) is 0 Å². The van der Waals surface area contributed by atoms with Crippen LogP contribution >= 0.6 is 0 Å². The number of aliphatic hydroxyl groups is 1. The predicted molar refractivity (Wildman–Crippen MR) is 217 cm³/mol. The zero-order valence-electron chi connectivity index (χ0n) is 35.8. The van der Waals surface area contributed by atoms with Crippen LogP contribution in [0.2, 0.25) is 0 Å². The number of hydrogen-bond donors (Lipinski definition) is 2. The molecule has 4 saturated carbocycles. The predicted octanol–water partition coefficient (Wildman–Crippen LogP) is 13.0. The van der Waals surface area contributed by atoms with Crippen molar-refractivity contribution < 1.29 is 24.5 Å². The number of carbonyl (C=O) groups is 2. The molecular formula is C48H82O5. The quantitative estimate of drug-likeness (QED) is 0.0831. The highest BCUT2D eigenvalue weighted by Crippen LogP contribution is 2.75. The number of fused-ring (bicyclic) bond motifs is 7. The van der Waals surface area contributed by atoms with Crippen molar-refractivity contribution in [2.75, 3.05) is 0 Å². The summed E-state index contributed by atoms with van der Waals surface area (Å²) in [6, 6.07) is 0.